The van der Waals surface area contributed by atoms with Crippen molar-refractivity contribution in [3.8, 4) is 0 Å². The minimum Gasteiger partial charge on any atom is -0.330 e. The third-order valence-corrected chi connectivity index (χ3v) is 3.51. The third kappa shape index (κ3) is 10.4. The van der Waals surface area contributed by atoms with E-state index < -0.39 is 0 Å². The highest BCUT2D eigenvalue weighted by atomic mass is 14.6. The monoisotopic (exact) mass is 228 g/mol. The van der Waals surface area contributed by atoms with Gasteiger partial charge < -0.3 is 11.5 Å². The fourth-order valence-electron chi connectivity index (χ4n) is 1.93. The zero-order valence-corrected chi connectivity index (χ0v) is 11.4. The number of rotatable bonds is 11. The Morgan fingerprint density at radius 2 is 1.19 bits per heavy atom. The van der Waals surface area contributed by atoms with Crippen molar-refractivity contribution in [2.24, 2.45) is 17.4 Å². The van der Waals surface area contributed by atoms with E-state index >= 15 is 0 Å². The molecule has 0 aliphatic heterocycles. The Balaban J connectivity index is 3.04. The van der Waals surface area contributed by atoms with Gasteiger partial charge in [-0.15, -0.1) is 0 Å². The summed E-state index contributed by atoms with van der Waals surface area (Å²) in [5.41, 5.74) is 11.3. The first-order valence-corrected chi connectivity index (χ1v) is 7.14. The van der Waals surface area contributed by atoms with Crippen LogP contribution in [0, 0.1) is 5.92 Å². The molecule has 4 N–H and O–H groups in total. The summed E-state index contributed by atoms with van der Waals surface area (Å²) >= 11 is 0. The maximum atomic E-state index is 5.83. The number of unbranched alkanes of at least 4 members (excludes halogenated alkanes) is 7. The third-order valence-electron chi connectivity index (χ3n) is 3.51. The second kappa shape index (κ2) is 11.4. The summed E-state index contributed by atoms with van der Waals surface area (Å²) in [6, 6.07) is 0.358. The molecule has 0 fully saturated rings. The van der Waals surface area contributed by atoms with Gasteiger partial charge in [0.05, 0.1) is 0 Å². The van der Waals surface area contributed by atoms with Crippen molar-refractivity contribution in [2.45, 2.75) is 77.7 Å². The van der Waals surface area contributed by atoms with Gasteiger partial charge in [-0.25, -0.2) is 0 Å². The summed E-state index contributed by atoms with van der Waals surface area (Å²) < 4.78 is 0. The molecule has 0 aliphatic carbocycles. The smallest absolute Gasteiger partial charge is 0.00361 e. The molecule has 2 unspecified atom stereocenters. The van der Waals surface area contributed by atoms with Gasteiger partial charge >= 0.3 is 0 Å². The molecule has 2 atom stereocenters. The van der Waals surface area contributed by atoms with E-state index in [-0.39, 0.29) is 0 Å². The fourth-order valence-corrected chi connectivity index (χ4v) is 1.93. The second-order valence-corrected chi connectivity index (χ2v) is 5.24. The van der Waals surface area contributed by atoms with Crippen LogP contribution in [0.5, 0.6) is 0 Å². The normalized spacial score (nSPS) is 15.0. The minimum atomic E-state index is 0.358. The second-order valence-electron chi connectivity index (χ2n) is 5.24. The van der Waals surface area contributed by atoms with E-state index in [4.69, 9.17) is 11.5 Å². The van der Waals surface area contributed by atoms with Gasteiger partial charge in [0.25, 0.3) is 0 Å². The first kappa shape index (κ1) is 15.9. The van der Waals surface area contributed by atoms with E-state index in [0.717, 1.165) is 6.54 Å². The molecule has 0 heterocycles. The Morgan fingerprint density at radius 3 is 1.62 bits per heavy atom. The van der Waals surface area contributed by atoms with E-state index in [1.54, 1.807) is 0 Å². The minimum absolute atomic E-state index is 0.358. The fraction of sp³-hybridized carbons (Fsp3) is 1.00. The quantitative estimate of drug-likeness (QED) is 0.532. The van der Waals surface area contributed by atoms with Gasteiger partial charge in [0.1, 0.15) is 0 Å². The molecule has 0 radical (unpaired) electrons. The molecule has 98 valence electrons. The van der Waals surface area contributed by atoms with Crippen molar-refractivity contribution in [1.82, 2.24) is 0 Å². The maximum absolute atomic E-state index is 5.83. The van der Waals surface area contributed by atoms with Crippen LogP contribution in [0.25, 0.3) is 0 Å². The molecule has 0 aromatic carbocycles. The molecule has 0 aliphatic rings. The molecular formula is C14H32N2. The lowest BCUT2D eigenvalue weighted by molar-refractivity contribution is 0.423. The molecule has 2 heteroatoms. The van der Waals surface area contributed by atoms with Crippen molar-refractivity contribution in [1.29, 1.82) is 0 Å². The predicted octanol–water partition coefficient (Wildman–Crippen LogP) is 3.44. The Bertz CT molecular complexity index is 135. The van der Waals surface area contributed by atoms with Crippen LogP contribution >= 0.6 is 0 Å². The van der Waals surface area contributed by atoms with Gasteiger partial charge in [-0.1, -0.05) is 51.9 Å². The summed E-state index contributed by atoms with van der Waals surface area (Å²) in [6.45, 7) is 5.23. The lowest BCUT2D eigenvalue weighted by atomic mass is 9.96. The van der Waals surface area contributed by atoms with Gasteiger partial charge in [0, 0.05) is 6.04 Å². The SMILES string of the molecule is CC(N)C(C)CCCCCCCCCCN. The van der Waals surface area contributed by atoms with Gasteiger partial charge in [-0.2, -0.15) is 0 Å². The van der Waals surface area contributed by atoms with Crippen LogP contribution in [0.4, 0.5) is 0 Å². The molecule has 0 saturated heterocycles. The molecule has 0 spiro atoms. The van der Waals surface area contributed by atoms with Crippen LogP contribution in [-0.4, -0.2) is 12.6 Å². The zero-order valence-electron chi connectivity index (χ0n) is 11.4. The summed E-state index contributed by atoms with van der Waals surface area (Å²) in [5.74, 6) is 0.685. The molecule has 0 rings (SSSR count). The summed E-state index contributed by atoms with van der Waals surface area (Å²) in [4.78, 5) is 0. The van der Waals surface area contributed by atoms with Crippen molar-refractivity contribution < 1.29 is 0 Å². The molecule has 0 amide bonds. The largest absolute Gasteiger partial charge is 0.330 e. The zero-order chi connectivity index (χ0) is 12.2. The van der Waals surface area contributed by atoms with Crippen LogP contribution < -0.4 is 11.5 Å². The Morgan fingerprint density at radius 1 is 0.750 bits per heavy atom. The number of hydrogen-bond acceptors (Lipinski definition) is 2. The highest BCUT2D eigenvalue weighted by Gasteiger charge is 2.05. The van der Waals surface area contributed by atoms with Crippen molar-refractivity contribution >= 4 is 0 Å². The average Bonchev–Trinajstić information content (AvgIpc) is 2.26. The van der Waals surface area contributed by atoms with Crippen LogP contribution in [0.1, 0.15) is 71.6 Å². The maximum Gasteiger partial charge on any atom is 0.00361 e. The number of nitrogens with two attached hydrogens (primary N) is 2. The molecule has 0 aromatic rings. The van der Waals surface area contributed by atoms with Gasteiger partial charge in [0.15, 0.2) is 0 Å². The molecule has 0 aromatic heterocycles. The highest BCUT2D eigenvalue weighted by Crippen LogP contribution is 2.14. The average molecular weight is 228 g/mol. The van der Waals surface area contributed by atoms with Gasteiger partial charge in [0.2, 0.25) is 0 Å². The first-order chi connectivity index (χ1) is 7.68. The molecule has 2 nitrogen and oxygen atoms in total. The highest BCUT2D eigenvalue weighted by molar-refractivity contribution is 4.63. The van der Waals surface area contributed by atoms with E-state index in [1.165, 1.54) is 57.8 Å². The molecule has 0 bridgehead atoms. The van der Waals surface area contributed by atoms with Crippen LogP contribution in [0.15, 0.2) is 0 Å². The Hall–Kier alpha value is -0.0800. The standard InChI is InChI=1S/C14H32N2/c1-13(14(2)16)11-9-7-5-3-4-6-8-10-12-15/h13-14H,3-12,15-16H2,1-2H3. The molecular weight excluding hydrogens is 196 g/mol. The summed E-state index contributed by atoms with van der Waals surface area (Å²) in [6.07, 6.45) is 12.1. The van der Waals surface area contributed by atoms with Crippen molar-refractivity contribution in [3.05, 3.63) is 0 Å². The summed E-state index contributed by atoms with van der Waals surface area (Å²) in [5, 5.41) is 0. The summed E-state index contributed by atoms with van der Waals surface area (Å²) in [7, 11) is 0. The topological polar surface area (TPSA) is 52.0 Å². The van der Waals surface area contributed by atoms with E-state index in [9.17, 15) is 0 Å². The van der Waals surface area contributed by atoms with Gasteiger partial charge in [-0.05, 0) is 32.2 Å². The van der Waals surface area contributed by atoms with Crippen LogP contribution in [0.3, 0.4) is 0 Å². The van der Waals surface area contributed by atoms with Crippen molar-refractivity contribution in [3.63, 3.8) is 0 Å². The lowest BCUT2D eigenvalue weighted by Gasteiger charge is -2.14. The number of hydrogen-bond donors (Lipinski definition) is 2. The lowest BCUT2D eigenvalue weighted by Crippen LogP contribution is -2.23. The Labute approximate surface area is 102 Å². The molecule has 16 heavy (non-hydrogen) atoms. The van der Waals surface area contributed by atoms with E-state index in [0.29, 0.717) is 12.0 Å². The van der Waals surface area contributed by atoms with E-state index in [1.807, 2.05) is 0 Å². The predicted molar refractivity (Wildman–Crippen MR) is 73.4 cm³/mol. The first-order valence-electron chi connectivity index (χ1n) is 7.14. The van der Waals surface area contributed by atoms with Gasteiger partial charge in [-0.3, -0.25) is 0 Å². The van der Waals surface area contributed by atoms with Crippen molar-refractivity contribution in [2.75, 3.05) is 6.54 Å². The molecule has 0 saturated carbocycles. The van der Waals surface area contributed by atoms with Crippen LogP contribution in [-0.2, 0) is 0 Å². The van der Waals surface area contributed by atoms with Crippen LogP contribution in [0.2, 0.25) is 0 Å². The van der Waals surface area contributed by atoms with E-state index in [2.05, 4.69) is 13.8 Å². The Kier molecular flexibility index (Phi) is 11.3.